The number of anilines is 1. The fourth-order valence-corrected chi connectivity index (χ4v) is 1.51. The van der Waals surface area contributed by atoms with E-state index < -0.39 is 5.82 Å². The molecule has 1 aromatic carbocycles. The SMILES string of the molecule is Nc1cc(F)c2c(c1)C(=O)CCCO2. The highest BCUT2D eigenvalue weighted by molar-refractivity contribution is 5.99. The van der Waals surface area contributed by atoms with Crippen molar-refractivity contribution in [2.45, 2.75) is 12.8 Å². The Balaban J connectivity index is 2.58. The minimum Gasteiger partial charge on any atom is -0.490 e. The molecule has 14 heavy (non-hydrogen) atoms. The van der Waals surface area contributed by atoms with E-state index in [4.69, 9.17) is 10.5 Å². The summed E-state index contributed by atoms with van der Waals surface area (Å²) in [4.78, 5) is 11.5. The number of rotatable bonds is 0. The van der Waals surface area contributed by atoms with Crippen molar-refractivity contribution < 1.29 is 13.9 Å². The number of carbonyl (C=O) groups excluding carboxylic acids is 1. The molecule has 1 aromatic rings. The number of nitrogen functional groups attached to an aromatic ring is 1. The summed E-state index contributed by atoms with van der Waals surface area (Å²) in [6.07, 6.45) is 1.00. The van der Waals surface area contributed by atoms with Crippen molar-refractivity contribution >= 4 is 11.5 Å². The predicted octanol–water partition coefficient (Wildman–Crippen LogP) is 1.76. The maximum atomic E-state index is 13.3. The second-order valence-electron chi connectivity index (χ2n) is 3.25. The fraction of sp³-hybridized carbons (Fsp3) is 0.300. The molecule has 0 unspecified atom stereocenters. The molecule has 0 bridgehead atoms. The molecule has 0 radical (unpaired) electrons. The van der Waals surface area contributed by atoms with Gasteiger partial charge in [-0.1, -0.05) is 0 Å². The summed E-state index contributed by atoms with van der Waals surface area (Å²) >= 11 is 0. The lowest BCUT2D eigenvalue weighted by atomic mass is 10.1. The molecule has 0 amide bonds. The van der Waals surface area contributed by atoms with Gasteiger partial charge in [-0.2, -0.15) is 0 Å². The summed E-state index contributed by atoms with van der Waals surface area (Å²) in [6, 6.07) is 2.63. The molecule has 2 N–H and O–H groups in total. The van der Waals surface area contributed by atoms with Gasteiger partial charge in [0, 0.05) is 18.2 Å². The van der Waals surface area contributed by atoms with E-state index in [0.29, 0.717) is 19.4 Å². The molecule has 1 heterocycles. The zero-order valence-corrected chi connectivity index (χ0v) is 7.55. The van der Waals surface area contributed by atoms with Crippen LogP contribution in [0.5, 0.6) is 5.75 Å². The standard InChI is InChI=1S/C10H10FNO2/c11-8-5-6(12)4-7-9(13)2-1-3-14-10(7)8/h4-5H,1-3,12H2. The van der Waals surface area contributed by atoms with Gasteiger partial charge in [0.1, 0.15) is 0 Å². The first-order chi connectivity index (χ1) is 6.68. The lowest BCUT2D eigenvalue weighted by molar-refractivity contribution is 0.0983. The molecule has 0 saturated heterocycles. The number of Topliss-reactive ketones (excluding diaryl/α,β-unsaturated/α-hetero) is 1. The highest BCUT2D eigenvalue weighted by atomic mass is 19.1. The number of ketones is 1. The zero-order chi connectivity index (χ0) is 10.1. The number of benzene rings is 1. The van der Waals surface area contributed by atoms with Crippen molar-refractivity contribution in [2.24, 2.45) is 0 Å². The third-order valence-corrected chi connectivity index (χ3v) is 2.16. The minimum absolute atomic E-state index is 0.0432. The number of nitrogens with two attached hydrogens (primary N) is 1. The Bertz CT molecular complexity index is 390. The smallest absolute Gasteiger partial charge is 0.167 e. The largest absolute Gasteiger partial charge is 0.490 e. The van der Waals surface area contributed by atoms with Gasteiger partial charge in [0.2, 0.25) is 0 Å². The van der Waals surface area contributed by atoms with E-state index in [9.17, 15) is 9.18 Å². The molecule has 3 nitrogen and oxygen atoms in total. The Labute approximate surface area is 80.7 Å². The van der Waals surface area contributed by atoms with Crippen LogP contribution in [0, 0.1) is 5.82 Å². The second-order valence-corrected chi connectivity index (χ2v) is 3.25. The first kappa shape index (κ1) is 8.99. The van der Waals surface area contributed by atoms with E-state index in [-0.39, 0.29) is 22.8 Å². The van der Waals surface area contributed by atoms with Crippen molar-refractivity contribution in [3.8, 4) is 5.75 Å². The van der Waals surface area contributed by atoms with Gasteiger partial charge in [-0.25, -0.2) is 4.39 Å². The normalized spacial score (nSPS) is 15.6. The van der Waals surface area contributed by atoms with Gasteiger partial charge < -0.3 is 10.5 Å². The molecule has 1 aliphatic rings. The van der Waals surface area contributed by atoms with E-state index >= 15 is 0 Å². The molecule has 74 valence electrons. The van der Waals surface area contributed by atoms with Crippen LogP contribution >= 0.6 is 0 Å². The summed E-state index contributed by atoms with van der Waals surface area (Å²) < 4.78 is 18.5. The van der Waals surface area contributed by atoms with Crippen LogP contribution in [-0.4, -0.2) is 12.4 Å². The summed E-state index contributed by atoms with van der Waals surface area (Å²) in [6.45, 7) is 0.375. The number of fused-ring (bicyclic) bond motifs is 1. The van der Waals surface area contributed by atoms with E-state index in [2.05, 4.69) is 0 Å². The van der Waals surface area contributed by atoms with Gasteiger partial charge in [-0.15, -0.1) is 0 Å². The zero-order valence-electron chi connectivity index (χ0n) is 7.55. The molecule has 2 rings (SSSR count). The number of ether oxygens (including phenoxy) is 1. The van der Waals surface area contributed by atoms with Crippen LogP contribution in [0.15, 0.2) is 12.1 Å². The monoisotopic (exact) mass is 195 g/mol. The minimum atomic E-state index is -0.560. The molecular formula is C10H10FNO2. The molecular weight excluding hydrogens is 185 g/mol. The van der Waals surface area contributed by atoms with Crippen LogP contribution in [0.4, 0.5) is 10.1 Å². The number of hydrogen-bond donors (Lipinski definition) is 1. The lowest BCUT2D eigenvalue weighted by Crippen LogP contribution is -2.01. The molecule has 0 aliphatic carbocycles. The Morgan fingerprint density at radius 3 is 3.00 bits per heavy atom. The maximum Gasteiger partial charge on any atom is 0.167 e. The number of carbonyl (C=O) groups is 1. The van der Waals surface area contributed by atoms with E-state index in [1.54, 1.807) is 0 Å². The quantitative estimate of drug-likeness (QED) is 0.642. The topological polar surface area (TPSA) is 52.3 Å². The van der Waals surface area contributed by atoms with Crippen LogP contribution in [0.3, 0.4) is 0 Å². The third-order valence-electron chi connectivity index (χ3n) is 2.16. The molecule has 0 aromatic heterocycles. The van der Waals surface area contributed by atoms with Gasteiger partial charge in [-0.3, -0.25) is 4.79 Å². The second kappa shape index (κ2) is 3.29. The van der Waals surface area contributed by atoms with Crippen molar-refractivity contribution in [3.63, 3.8) is 0 Å². The first-order valence-electron chi connectivity index (χ1n) is 4.43. The first-order valence-corrected chi connectivity index (χ1v) is 4.43. The average molecular weight is 195 g/mol. The van der Waals surface area contributed by atoms with Gasteiger partial charge in [0.15, 0.2) is 17.3 Å². The number of halogens is 1. The number of hydrogen-bond acceptors (Lipinski definition) is 3. The van der Waals surface area contributed by atoms with Crippen LogP contribution in [0.25, 0.3) is 0 Å². The van der Waals surface area contributed by atoms with Crippen LogP contribution in [0.2, 0.25) is 0 Å². The molecule has 0 fully saturated rings. The summed E-state index contributed by atoms with van der Waals surface area (Å²) in [5.74, 6) is -0.624. The van der Waals surface area contributed by atoms with Crippen LogP contribution < -0.4 is 10.5 Å². The van der Waals surface area contributed by atoms with Crippen molar-refractivity contribution in [2.75, 3.05) is 12.3 Å². The van der Waals surface area contributed by atoms with Gasteiger partial charge in [0.25, 0.3) is 0 Å². The Morgan fingerprint density at radius 2 is 2.21 bits per heavy atom. The lowest BCUT2D eigenvalue weighted by Gasteiger charge is -2.07. The summed E-state index contributed by atoms with van der Waals surface area (Å²) in [5.41, 5.74) is 5.96. The summed E-state index contributed by atoms with van der Waals surface area (Å²) in [7, 11) is 0. The van der Waals surface area contributed by atoms with Gasteiger partial charge in [-0.05, 0) is 12.5 Å². The van der Waals surface area contributed by atoms with Crippen molar-refractivity contribution in [1.82, 2.24) is 0 Å². The molecule has 0 atom stereocenters. The Hall–Kier alpha value is -1.58. The third kappa shape index (κ3) is 1.43. The maximum absolute atomic E-state index is 13.3. The predicted molar refractivity (Wildman–Crippen MR) is 49.9 cm³/mol. The van der Waals surface area contributed by atoms with E-state index in [0.717, 1.165) is 6.07 Å². The van der Waals surface area contributed by atoms with Crippen LogP contribution in [0.1, 0.15) is 23.2 Å². The molecule has 4 heteroatoms. The van der Waals surface area contributed by atoms with Gasteiger partial charge >= 0.3 is 0 Å². The summed E-state index contributed by atoms with van der Waals surface area (Å²) in [5, 5.41) is 0. The Morgan fingerprint density at radius 1 is 1.43 bits per heavy atom. The van der Waals surface area contributed by atoms with Crippen LogP contribution in [-0.2, 0) is 0 Å². The molecule has 0 saturated carbocycles. The van der Waals surface area contributed by atoms with E-state index in [1.807, 2.05) is 0 Å². The highest BCUT2D eigenvalue weighted by Gasteiger charge is 2.20. The van der Waals surface area contributed by atoms with E-state index in [1.165, 1.54) is 6.07 Å². The fourth-order valence-electron chi connectivity index (χ4n) is 1.51. The average Bonchev–Trinajstić information content (AvgIpc) is 2.29. The van der Waals surface area contributed by atoms with Crippen molar-refractivity contribution in [1.29, 1.82) is 0 Å². The van der Waals surface area contributed by atoms with Gasteiger partial charge in [0.05, 0.1) is 12.2 Å². The molecule has 1 aliphatic heterocycles. The highest BCUT2D eigenvalue weighted by Crippen LogP contribution is 2.29. The van der Waals surface area contributed by atoms with Crippen molar-refractivity contribution in [3.05, 3.63) is 23.5 Å². The molecule has 0 spiro atoms. The Kier molecular flexibility index (Phi) is 2.11.